The average Bonchev–Trinajstić information content (AvgIpc) is 2.77. The second-order valence-electron chi connectivity index (χ2n) is 9.08. The maximum atomic E-state index is 12.7. The molecular formula is C23H30N6OS. The third-order valence-corrected chi connectivity index (χ3v) is 7.44. The molecule has 0 bridgehead atoms. The third-order valence-electron chi connectivity index (χ3n) is 6.75. The van der Waals surface area contributed by atoms with Crippen molar-refractivity contribution in [2.24, 2.45) is 5.41 Å². The van der Waals surface area contributed by atoms with E-state index in [1.54, 1.807) is 11.8 Å². The van der Waals surface area contributed by atoms with Gasteiger partial charge in [-0.15, -0.1) is 11.8 Å². The molecule has 1 aromatic heterocycles. The fourth-order valence-corrected chi connectivity index (χ4v) is 5.47. The van der Waals surface area contributed by atoms with Crippen LogP contribution in [0.25, 0.3) is 0 Å². The van der Waals surface area contributed by atoms with Crippen LogP contribution in [0.5, 0.6) is 0 Å². The summed E-state index contributed by atoms with van der Waals surface area (Å²) >= 11 is 1.64. The minimum atomic E-state index is 0.0821. The summed E-state index contributed by atoms with van der Waals surface area (Å²) in [6, 6.07) is 11.1. The average molecular weight is 439 g/mol. The second kappa shape index (κ2) is 8.67. The van der Waals surface area contributed by atoms with Crippen molar-refractivity contribution in [3.05, 3.63) is 48.3 Å². The number of likely N-dealkylation sites (tertiary alicyclic amines) is 1. The van der Waals surface area contributed by atoms with Gasteiger partial charge < -0.3 is 15.1 Å². The first-order chi connectivity index (χ1) is 15.1. The number of rotatable bonds is 5. The monoisotopic (exact) mass is 438 g/mol. The minimum absolute atomic E-state index is 0.0821. The van der Waals surface area contributed by atoms with Crippen molar-refractivity contribution in [2.45, 2.75) is 30.3 Å². The predicted molar refractivity (Wildman–Crippen MR) is 123 cm³/mol. The Kier molecular flexibility index (Phi) is 5.75. The predicted octanol–water partition coefficient (Wildman–Crippen LogP) is 2.69. The number of hydrogen-bond acceptors (Lipinski definition) is 6. The van der Waals surface area contributed by atoms with E-state index in [4.69, 9.17) is 0 Å². The van der Waals surface area contributed by atoms with Gasteiger partial charge >= 0.3 is 6.03 Å². The van der Waals surface area contributed by atoms with Crippen molar-refractivity contribution < 1.29 is 4.79 Å². The number of hydrogen-bond donors (Lipinski definition) is 1. The molecule has 0 atom stereocenters. The Bertz CT molecular complexity index is 886. The molecule has 2 saturated heterocycles. The SMILES string of the molecule is CSc1cnc(N2CCN(C(=O)NC3CC4(C3)CN(Cc3ccccc3)C4)CC2)nc1. The molecule has 1 aromatic carbocycles. The molecule has 1 N–H and O–H groups in total. The highest BCUT2D eigenvalue weighted by molar-refractivity contribution is 7.98. The molecule has 2 aliphatic heterocycles. The van der Waals surface area contributed by atoms with Gasteiger partial charge in [-0.2, -0.15) is 0 Å². The van der Waals surface area contributed by atoms with E-state index >= 15 is 0 Å². The Morgan fingerprint density at radius 1 is 1.10 bits per heavy atom. The molecule has 1 aliphatic carbocycles. The summed E-state index contributed by atoms with van der Waals surface area (Å²) in [5.41, 5.74) is 1.82. The molecule has 3 fully saturated rings. The van der Waals surface area contributed by atoms with Crippen LogP contribution in [0.15, 0.2) is 47.6 Å². The van der Waals surface area contributed by atoms with Crippen molar-refractivity contribution in [1.82, 2.24) is 25.1 Å². The maximum Gasteiger partial charge on any atom is 0.317 e. The van der Waals surface area contributed by atoms with Crippen LogP contribution in [-0.2, 0) is 6.54 Å². The Hall–Kier alpha value is -2.32. The van der Waals surface area contributed by atoms with Gasteiger partial charge in [0.2, 0.25) is 5.95 Å². The molecule has 31 heavy (non-hydrogen) atoms. The van der Waals surface area contributed by atoms with E-state index in [0.29, 0.717) is 24.5 Å². The molecule has 7 nitrogen and oxygen atoms in total. The van der Waals surface area contributed by atoms with Gasteiger partial charge in [-0.05, 0) is 30.1 Å². The van der Waals surface area contributed by atoms with Gasteiger partial charge in [0.05, 0.1) is 0 Å². The Balaban J connectivity index is 1.02. The smallest absolute Gasteiger partial charge is 0.317 e. The molecule has 164 valence electrons. The Labute approximate surface area is 188 Å². The van der Waals surface area contributed by atoms with E-state index in [2.05, 4.69) is 55.4 Å². The van der Waals surface area contributed by atoms with Gasteiger partial charge in [0.1, 0.15) is 0 Å². The fourth-order valence-electron chi connectivity index (χ4n) is 5.16. The lowest BCUT2D eigenvalue weighted by atomic mass is 9.60. The van der Waals surface area contributed by atoms with E-state index in [0.717, 1.165) is 56.4 Å². The third kappa shape index (κ3) is 4.50. The zero-order chi connectivity index (χ0) is 21.3. The quantitative estimate of drug-likeness (QED) is 0.724. The second-order valence-corrected chi connectivity index (χ2v) is 9.96. The number of piperazine rings is 1. The Morgan fingerprint density at radius 2 is 1.77 bits per heavy atom. The summed E-state index contributed by atoms with van der Waals surface area (Å²) in [5, 5.41) is 3.26. The van der Waals surface area contributed by atoms with Crippen molar-refractivity contribution in [3.63, 3.8) is 0 Å². The van der Waals surface area contributed by atoms with Gasteiger partial charge in [0.15, 0.2) is 0 Å². The molecule has 1 saturated carbocycles. The van der Waals surface area contributed by atoms with Crippen molar-refractivity contribution >= 4 is 23.7 Å². The largest absolute Gasteiger partial charge is 0.337 e. The summed E-state index contributed by atoms with van der Waals surface area (Å²) < 4.78 is 0. The number of nitrogens with one attached hydrogen (secondary N) is 1. The van der Waals surface area contributed by atoms with E-state index in [1.165, 1.54) is 5.56 Å². The minimum Gasteiger partial charge on any atom is -0.337 e. The first kappa shape index (κ1) is 20.6. The lowest BCUT2D eigenvalue weighted by Gasteiger charge is -2.59. The first-order valence-electron chi connectivity index (χ1n) is 11.1. The van der Waals surface area contributed by atoms with Crippen LogP contribution in [-0.4, -0.2) is 77.4 Å². The van der Waals surface area contributed by atoms with E-state index < -0.39 is 0 Å². The zero-order valence-corrected chi connectivity index (χ0v) is 18.9. The molecule has 0 radical (unpaired) electrons. The highest BCUT2D eigenvalue weighted by Gasteiger charge is 2.52. The van der Waals surface area contributed by atoms with Gasteiger partial charge in [-0.1, -0.05) is 30.3 Å². The number of urea groups is 1. The highest BCUT2D eigenvalue weighted by atomic mass is 32.2. The number of nitrogens with zero attached hydrogens (tertiary/aromatic N) is 5. The van der Waals surface area contributed by atoms with Gasteiger partial charge in [-0.3, -0.25) is 4.90 Å². The molecule has 5 rings (SSSR count). The number of benzene rings is 1. The van der Waals surface area contributed by atoms with E-state index in [1.807, 2.05) is 23.5 Å². The fraction of sp³-hybridized carbons (Fsp3) is 0.522. The van der Waals surface area contributed by atoms with Gasteiger partial charge in [0, 0.05) is 69.1 Å². The number of anilines is 1. The molecule has 3 aliphatic rings. The number of amides is 2. The first-order valence-corrected chi connectivity index (χ1v) is 12.3. The summed E-state index contributed by atoms with van der Waals surface area (Å²) in [7, 11) is 0. The van der Waals surface area contributed by atoms with Crippen molar-refractivity contribution in [2.75, 3.05) is 50.4 Å². The standard InChI is InChI=1S/C23H30N6OS/c1-31-20-13-24-21(25-14-20)28-7-9-29(10-8-28)22(30)26-19-11-23(12-19)16-27(17-23)15-18-5-3-2-4-6-18/h2-6,13-14,19H,7-12,15-17H2,1H3,(H,26,30). The van der Waals surface area contributed by atoms with Crippen LogP contribution in [0.1, 0.15) is 18.4 Å². The van der Waals surface area contributed by atoms with Crippen molar-refractivity contribution in [1.29, 1.82) is 0 Å². The summed E-state index contributed by atoms with van der Waals surface area (Å²) in [5.74, 6) is 0.754. The summed E-state index contributed by atoms with van der Waals surface area (Å²) in [4.78, 5) is 29.3. The van der Waals surface area contributed by atoms with Crippen LogP contribution in [0.3, 0.4) is 0 Å². The maximum absolute atomic E-state index is 12.7. The summed E-state index contributed by atoms with van der Waals surface area (Å²) in [6.07, 6.45) is 7.96. The number of carbonyl (C=O) groups excluding carboxylic acids is 1. The van der Waals surface area contributed by atoms with E-state index in [9.17, 15) is 4.79 Å². The molecular weight excluding hydrogens is 408 g/mol. The zero-order valence-electron chi connectivity index (χ0n) is 18.0. The molecule has 8 heteroatoms. The molecule has 2 aromatic rings. The normalized spacial score (nSPS) is 20.9. The van der Waals surface area contributed by atoms with Crippen LogP contribution in [0.2, 0.25) is 0 Å². The van der Waals surface area contributed by atoms with Crippen LogP contribution in [0.4, 0.5) is 10.7 Å². The Morgan fingerprint density at radius 3 is 2.42 bits per heavy atom. The van der Waals surface area contributed by atoms with Crippen LogP contribution < -0.4 is 10.2 Å². The molecule has 1 spiro atoms. The lowest BCUT2D eigenvalue weighted by Crippen LogP contribution is -2.67. The van der Waals surface area contributed by atoms with Gasteiger partial charge in [-0.25, -0.2) is 14.8 Å². The van der Waals surface area contributed by atoms with Crippen LogP contribution >= 0.6 is 11.8 Å². The molecule has 0 unspecified atom stereocenters. The summed E-state index contributed by atoms with van der Waals surface area (Å²) in [6.45, 7) is 6.31. The number of thioether (sulfide) groups is 1. The van der Waals surface area contributed by atoms with E-state index in [-0.39, 0.29) is 6.03 Å². The molecule has 2 amide bonds. The number of carbonyl (C=O) groups is 1. The lowest BCUT2D eigenvalue weighted by molar-refractivity contribution is -0.0809. The topological polar surface area (TPSA) is 64.6 Å². The highest BCUT2D eigenvalue weighted by Crippen LogP contribution is 2.48. The van der Waals surface area contributed by atoms with Crippen LogP contribution in [0, 0.1) is 5.41 Å². The van der Waals surface area contributed by atoms with Crippen molar-refractivity contribution in [3.8, 4) is 0 Å². The molecule has 3 heterocycles. The number of aromatic nitrogens is 2. The van der Waals surface area contributed by atoms with Gasteiger partial charge in [0.25, 0.3) is 0 Å².